The van der Waals surface area contributed by atoms with Gasteiger partial charge in [0, 0.05) is 31.9 Å². The van der Waals surface area contributed by atoms with Crippen molar-refractivity contribution in [1.29, 1.82) is 0 Å². The molecule has 13 heteroatoms. The number of rotatable bonds is 8. The minimum Gasteiger partial charge on any atom is -0.370 e. The molecule has 0 aliphatic heterocycles. The van der Waals surface area contributed by atoms with Crippen LogP contribution in [0, 0.1) is 5.92 Å². The molecule has 2 rings (SSSR count). The van der Waals surface area contributed by atoms with Crippen molar-refractivity contribution in [3.8, 4) is 0 Å². The van der Waals surface area contributed by atoms with E-state index in [9.17, 15) is 13.2 Å². The molecule has 154 valence electrons. The van der Waals surface area contributed by atoms with Crippen LogP contribution in [0.1, 0.15) is 49.6 Å². The van der Waals surface area contributed by atoms with Crippen molar-refractivity contribution >= 4 is 22.1 Å². The maximum atomic E-state index is 11.2. The minimum absolute atomic E-state index is 0.0672. The second-order valence-electron chi connectivity index (χ2n) is 6.13. The number of aliphatic imine (C=N–C) groups is 1. The van der Waals surface area contributed by atoms with E-state index in [0.717, 1.165) is 37.1 Å². The fraction of sp³-hybridized carbons (Fsp3) is 0.643. The van der Waals surface area contributed by atoms with Gasteiger partial charge in [-0.1, -0.05) is 5.16 Å². The van der Waals surface area contributed by atoms with Gasteiger partial charge in [0.05, 0.1) is 6.04 Å². The predicted molar refractivity (Wildman–Crippen MR) is 96.2 cm³/mol. The number of Topliss-reactive ketones (excluding diaryl/α,β-unsaturated/α-hetero) is 1. The highest BCUT2D eigenvalue weighted by atomic mass is 32.3. The Labute approximate surface area is 157 Å². The van der Waals surface area contributed by atoms with Crippen LogP contribution in [0.25, 0.3) is 0 Å². The van der Waals surface area contributed by atoms with E-state index in [1.54, 1.807) is 0 Å². The zero-order chi connectivity index (χ0) is 20.4. The lowest BCUT2D eigenvalue weighted by Crippen LogP contribution is -2.23. The number of ketones is 1. The van der Waals surface area contributed by atoms with E-state index >= 15 is 0 Å². The second kappa shape index (κ2) is 10.9. The first-order chi connectivity index (χ1) is 12.6. The van der Waals surface area contributed by atoms with Crippen LogP contribution < -0.4 is 23.1 Å². The maximum Gasteiger partial charge on any atom is 0.413 e. The van der Waals surface area contributed by atoms with Gasteiger partial charge in [-0.05, 0) is 25.2 Å². The Morgan fingerprint density at radius 1 is 1.48 bits per heavy atom. The van der Waals surface area contributed by atoms with E-state index in [1.807, 2.05) is 6.07 Å². The summed E-state index contributed by atoms with van der Waals surface area (Å²) in [5.41, 5.74) is 17.4. The van der Waals surface area contributed by atoms with Gasteiger partial charge in [-0.25, -0.2) is 0 Å². The number of nitrogens with zero attached hydrogens (tertiary/aromatic N) is 2. The first kappa shape index (κ1) is 23.0. The van der Waals surface area contributed by atoms with E-state index < -0.39 is 10.4 Å². The molecular formula is C14H26N6O6S. The lowest BCUT2D eigenvalue weighted by molar-refractivity contribution is -0.117. The Kier molecular flexibility index (Phi) is 9.31. The van der Waals surface area contributed by atoms with Gasteiger partial charge in [0.15, 0.2) is 5.96 Å². The van der Waals surface area contributed by atoms with Gasteiger partial charge in [-0.3, -0.25) is 14.3 Å². The molecule has 2 atom stereocenters. The molecule has 27 heavy (non-hydrogen) atoms. The molecule has 1 aromatic rings. The number of nitrogens with two attached hydrogens (primary N) is 4. The average molecular weight is 406 g/mol. The smallest absolute Gasteiger partial charge is 0.370 e. The molecule has 1 saturated carbocycles. The maximum absolute atomic E-state index is 11.2. The van der Waals surface area contributed by atoms with Gasteiger partial charge in [0.1, 0.15) is 17.2 Å². The predicted octanol–water partition coefficient (Wildman–Crippen LogP) is -0.681. The number of aromatic nitrogens is 1. The molecule has 12 nitrogen and oxygen atoms in total. The minimum atomic E-state index is -4.38. The number of guanidine groups is 1. The Bertz CT molecular complexity index is 730. The molecule has 0 bridgehead atoms. The SMILES string of the molecule is NC(N)=NCCc1cc([C@@H](N)CC[C@@H]2CCC(=O)C2)no1.NOS(=O)(=O)O. The van der Waals surface area contributed by atoms with Crippen LogP contribution in [-0.2, 0) is 25.9 Å². The van der Waals surface area contributed by atoms with E-state index in [4.69, 9.17) is 26.3 Å². The van der Waals surface area contributed by atoms with Crippen LogP contribution >= 0.6 is 0 Å². The second-order valence-corrected chi connectivity index (χ2v) is 7.18. The lowest BCUT2D eigenvalue weighted by Gasteiger charge is -2.11. The molecule has 0 radical (unpaired) electrons. The van der Waals surface area contributed by atoms with E-state index in [1.165, 1.54) is 0 Å². The molecule has 1 aliphatic rings. The Hall–Kier alpha value is -2.06. The molecule has 9 N–H and O–H groups in total. The number of hydrogen-bond donors (Lipinski definition) is 5. The summed E-state index contributed by atoms with van der Waals surface area (Å²) in [6.45, 7) is 0.469. The Morgan fingerprint density at radius 2 is 2.15 bits per heavy atom. The van der Waals surface area contributed by atoms with Crippen molar-refractivity contribution in [2.75, 3.05) is 6.54 Å². The normalized spacial score (nSPS) is 17.9. The van der Waals surface area contributed by atoms with Crippen LogP contribution in [0.4, 0.5) is 0 Å². The monoisotopic (exact) mass is 406 g/mol. The highest BCUT2D eigenvalue weighted by Gasteiger charge is 2.23. The van der Waals surface area contributed by atoms with Crippen LogP contribution in [0.15, 0.2) is 15.6 Å². The summed E-state index contributed by atoms with van der Waals surface area (Å²) in [5.74, 6) is 5.61. The zero-order valence-corrected chi connectivity index (χ0v) is 15.6. The summed E-state index contributed by atoms with van der Waals surface area (Å²) >= 11 is 0. The number of carbonyl (C=O) groups excluding carboxylic acids is 1. The van der Waals surface area contributed by atoms with Gasteiger partial charge in [-0.2, -0.15) is 18.6 Å². The van der Waals surface area contributed by atoms with Gasteiger partial charge < -0.3 is 21.7 Å². The first-order valence-electron chi connectivity index (χ1n) is 8.24. The third-order valence-corrected chi connectivity index (χ3v) is 4.21. The van der Waals surface area contributed by atoms with Crippen LogP contribution in [0.5, 0.6) is 0 Å². The number of hydrogen-bond acceptors (Lipinski definition) is 9. The molecule has 0 unspecified atom stereocenters. The molecule has 1 fully saturated rings. The van der Waals surface area contributed by atoms with Crippen molar-refractivity contribution < 1.29 is 26.6 Å². The van der Waals surface area contributed by atoms with Gasteiger partial charge >= 0.3 is 10.4 Å². The van der Waals surface area contributed by atoms with E-state index in [2.05, 4.69) is 20.3 Å². The summed E-state index contributed by atoms with van der Waals surface area (Å²) in [6.07, 6.45) is 4.79. The largest absolute Gasteiger partial charge is 0.413 e. The Morgan fingerprint density at radius 3 is 2.67 bits per heavy atom. The summed E-state index contributed by atoms with van der Waals surface area (Å²) < 4.78 is 34.1. The van der Waals surface area contributed by atoms with Crippen molar-refractivity contribution in [3.63, 3.8) is 0 Å². The van der Waals surface area contributed by atoms with Crippen LogP contribution in [-0.4, -0.2) is 36.4 Å². The number of carbonyl (C=O) groups is 1. The molecule has 0 spiro atoms. The van der Waals surface area contributed by atoms with Crippen molar-refractivity contribution in [3.05, 3.63) is 17.5 Å². The van der Waals surface area contributed by atoms with Crippen molar-refractivity contribution in [1.82, 2.24) is 5.16 Å². The third kappa shape index (κ3) is 10.0. The summed E-state index contributed by atoms with van der Waals surface area (Å²) in [6, 6.07) is 1.70. The average Bonchev–Trinajstić information content (AvgIpc) is 3.21. The fourth-order valence-electron chi connectivity index (χ4n) is 2.62. The van der Waals surface area contributed by atoms with E-state index in [-0.39, 0.29) is 12.0 Å². The lowest BCUT2D eigenvalue weighted by atomic mass is 9.97. The van der Waals surface area contributed by atoms with Crippen molar-refractivity contribution in [2.45, 2.75) is 44.6 Å². The molecule has 0 amide bonds. The molecule has 1 aromatic heterocycles. The first-order valence-corrected chi connectivity index (χ1v) is 9.61. The summed E-state index contributed by atoms with van der Waals surface area (Å²) in [4.78, 5) is 15.1. The van der Waals surface area contributed by atoms with Crippen LogP contribution in [0.3, 0.4) is 0 Å². The third-order valence-electron chi connectivity index (χ3n) is 3.96. The van der Waals surface area contributed by atoms with Crippen molar-refractivity contribution in [2.24, 2.45) is 34.0 Å². The Balaban J connectivity index is 0.000000527. The van der Waals surface area contributed by atoms with Gasteiger partial charge in [0.25, 0.3) is 0 Å². The topological polar surface area (TPSA) is 223 Å². The molecule has 1 aliphatic carbocycles. The standard InChI is InChI=1S/C14H23N5O2.H3NO4S/c15-12(4-2-9-1-3-10(20)7-9)13-8-11(21-19-13)5-6-18-14(16)17;1-5-6(2,3)4/h8-9,12H,1-7,15H2,(H4,16,17,18);1H2,(H,2,3,4)/t9-,12-;/m0./s1. The molecule has 0 aromatic carbocycles. The fourth-order valence-corrected chi connectivity index (χ4v) is 2.62. The summed E-state index contributed by atoms with van der Waals surface area (Å²) in [7, 11) is -4.38. The van der Waals surface area contributed by atoms with Gasteiger partial charge in [0.2, 0.25) is 0 Å². The van der Waals surface area contributed by atoms with E-state index in [0.29, 0.717) is 31.1 Å². The van der Waals surface area contributed by atoms with Gasteiger partial charge in [-0.15, -0.1) is 0 Å². The molecule has 1 heterocycles. The quantitative estimate of drug-likeness (QED) is 0.157. The molecule has 0 saturated heterocycles. The van der Waals surface area contributed by atoms with Crippen LogP contribution in [0.2, 0.25) is 0 Å². The highest BCUT2D eigenvalue weighted by molar-refractivity contribution is 7.80. The zero-order valence-electron chi connectivity index (χ0n) is 14.8. The molecular weight excluding hydrogens is 380 g/mol. The summed E-state index contributed by atoms with van der Waals surface area (Å²) in [5, 5.41) is 4.00. The highest BCUT2D eigenvalue weighted by Crippen LogP contribution is 2.28.